The molecular formula is C25H37IN4O3. The summed E-state index contributed by atoms with van der Waals surface area (Å²) >= 11 is 0. The predicted molar refractivity (Wildman–Crippen MR) is 143 cm³/mol. The molecule has 1 saturated heterocycles. The molecule has 0 radical (unpaired) electrons. The van der Waals surface area contributed by atoms with E-state index in [0.29, 0.717) is 19.8 Å². The van der Waals surface area contributed by atoms with E-state index in [2.05, 4.69) is 46.7 Å². The molecule has 0 amide bonds. The number of nitrogens with one attached hydrogen (secondary N) is 2. The van der Waals surface area contributed by atoms with Gasteiger partial charge >= 0.3 is 0 Å². The van der Waals surface area contributed by atoms with Gasteiger partial charge in [0.15, 0.2) is 5.96 Å². The number of guanidine groups is 1. The van der Waals surface area contributed by atoms with Gasteiger partial charge in [0.25, 0.3) is 0 Å². The number of hydrogen-bond acceptors (Lipinski definition) is 5. The molecule has 1 heterocycles. The summed E-state index contributed by atoms with van der Waals surface area (Å²) in [5, 5.41) is 6.83. The van der Waals surface area contributed by atoms with E-state index in [4.69, 9.17) is 19.2 Å². The smallest absolute Gasteiger partial charge is 0.191 e. The van der Waals surface area contributed by atoms with Gasteiger partial charge in [-0.3, -0.25) is 4.90 Å². The van der Waals surface area contributed by atoms with E-state index in [1.165, 1.54) is 11.1 Å². The van der Waals surface area contributed by atoms with Gasteiger partial charge in [-0.25, -0.2) is 4.99 Å². The molecule has 0 aliphatic carbocycles. The first-order valence-electron chi connectivity index (χ1n) is 11.4. The number of benzene rings is 2. The molecule has 182 valence electrons. The van der Waals surface area contributed by atoms with Gasteiger partial charge < -0.3 is 24.8 Å². The fourth-order valence-corrected chi connectivity index (χ4v) is 3.51. The molecule has 1 fully saturated rings. The van der Waals surface area contributed by atoms with Crippen LogP contribution in [-0.2, 0) is 29.1 Å². The first-order valence-corrected chi connectivity index (χ1v) is 11.4. The summed E-state index contributed by atoms with van der Waals surface area (Å²) in [5.74, 6) is 1.66. The highest BCUT2D eigenvalue weighted by Crippen LogP contribution is 2.14. The van der Waals surface area contributed by atoms with E-state index in [0.717, 1.165) is 63.2 Å². The van der Waals surface area contributed by atoms with Gasteiger partial charge in [0, 0.05) is 39.8 Å². The predicted octanol–water partition coefficient (Wildman–Crippen LogP) is 3.42. The normalized spacial score (nSPS) is 14.4. The molecule has 2 N–H and O–H groups in total. The van der Waals surface area contributed by atoms with Crippen molar-refractivity contribution in [3.05, 3.63) is 65.2 Å². The topological polar surface area (TPSA) is 67.4 Å². The third-order valence-corrected chi connectivity index (χ3v) is 5.31. The molecule has 2 aromatic carbocycles. The van der Waals surface area contributed by atoms with Crippen LogP contribution in [0.25, 0.3) is 0 Å². The zero-order chi connectivity index (χ0) is 22.4. The Morgan fingerprint density at radius 2 is 1.73 bits per heavy atom. The van der Waals surface area contributed by atoms with Crippen molar-refractivity contribution in [2.24, 2.45) is 4.99 Å². The Kier molecular flexibility index (Phi) is 13.2. The lowest BCUT2D eigenvalue weighted by Gasteiger charge is -2.27. The Morgan fingerprint density at radius 3 is 2.42 bits per heavy atom. The molecule has 7 nitrogen and oxygen atoms in total. The lowest BCUT2D eigenvalue weighted by Crippen LogP contribution is -2.38. The number of morpholine rings is 1. The lowest BCUT2D eigenvalue weighted by molar-refractivity contribution is 0.0341. The number of rotatable bonds is 11. The lowest BCUT2D eigenvalue weighted by atomic mass is 10.1. The van der Waals surface area contributed by atoms with Crippen molar-refractivity contribution in [3.63, 3.8) is 0 Å². The fraction of sp³-hybridized carbons (Fsp3) is 0.480. The Bertz CT molecular complexity index is 827. The van der Waals surface area contributed by atoms with Gasteiger partial charge in [0.1, 0.15) is 12.4 Å². The minimum atomic E-state index is 0. The molecule has 0 aromatic heterocycles. The van der Waals surface area contributed by atoms with Crippen molar-refractivity contribution < 1.29 is 14.2 Å². The minimum Gasteiger partial charge on any atom is -0.491 e. The highest BCUT2D eigenvalue weighted by molar-refractivity contribution is 14.0. The molecule has 1 aliphatic heterocycles. The summed E-state index contributed by atoms with van der Waals surface area (Å²) in [7, 11) is 1.67. The molecular weight excluding hydrogens is 531 g/mol. The van der Waals surface area contributed by atoms with Crippen molar-refractivity contribution in [1.82, 2.24) is 15.5 Å². The summed E-state index contributed by atoms with van der Waals surface area (Å²) < 4.78 is 16.1. The minimum absolute atomic E-state index is 0. The standard InChI is InChI=1S/C25H36N4O3.HI/c1-3-26-25(27-18-21-8-10-24(11-9-21)32-17-16-30-2)28-19-22-6-4-5-7-23(22)20-29-12-14-31-15-13-29;/h4-11H,3,12-20H2,1-2H3,(H2,26,27,28);1H. The average molecular weight is 569 g/mol. The second-order valence-electron chi connectivity index (χ2n) is 7.69. The average Bonchev–Trinajstić information content (AvgIpc) is 2.83. The van der Waals surface area contributed by atoms with E-state index in [9.17, 15) is 0 Å². The fourth-order valence-electron chi connectivity index (χ4n) is 3.51. The van der Waals surface area contributed by atoms with Crippen LogP contribution < -0.4 is 15.4 Å². The molecule has 3 rings (SSSR count). The van der Waals surface area contributed by atoms with Crippen molar-refractivity contribution >= 4 is 29.9 Å². The molecule has 0 spiro atoms. The first-order chi connectivity index (χ1) is 15.8. The quantitative estimate of drug-likeness (QED) is 0.188. The van der Waals surface area contributed by atoms with Crippen molar-refractivity contribution in [2.45, 2.75) is 26.6 Å². The number of nitrogens with zero attached hydrogens (tertiary/aromatic N) is 2. The second kappa shape index (κ2) is 15.9. The van der Waals surface area contributed by atoms with Crippen LogP contribution in [0.4, 0.5) is 0 Å². The van der Waals surface area contributed by atoms with Crippen LogP contribution in [0, 0.1) is 0 Å². The maximum atomic E-state index is 5.62. The van der Waals surface area contributed by atoms with Crippen LogP contribution in [0.1, 0.15) is 23.6 Å². The summed E-state index contributed by atoms with van der Waals surface area (Å²) in [4.78, 5) is 7.20. The second-order valence-corrected chi connectivity index (χ2v) is 7.69. The third-order valence-electron chi connectivity index (χ3n) is 5.31. The summed E-state index contributed by atoms with van der Waals surface area (Å²) in [6, 6.07) is 16.7. The Morgan fingerprint density at radius 1 is 1.00 bits per heavy atom. The largest absolute Gasteiger partial charge is 0.491 e. The summed E-state index contributed by atoms with van der Waals surface area (Å²) in [5.41, 5.74) is 3.78. The highest BCUT2D eigenvalue weighted by Gasteiger charge is 2.12. The number of aliphatic imine (C=N–C) groups is 1. The Hall–Kier alpha value is -1.88. The number of halogens is 1. The van der Waals surface area contributed by atoms with Crippen LogP contribution in [0.2, 0.25) is 0 Å². The van der Waals surface area contributed by atoms with E-state index < -0.39 is 0 Å². The first kappa shape index (κ1) is 27.4. The van der Waals surface area contributed by atoms with E-state index in [1.807, 2.05) is 24.3 Å². The Labute approximate surface area is 214 Å². The van der Waals surface area contributed by atoms with Gasteiger partial charge in [-0.05, 0) is 35.7 Å². The van der Waals surface area contributed by atoms with Crippen LogP contribution in [0.3, 0.4) is 0 Å². The van der Waals surface area contributed by atoms with Gasteiger partial charge in [-0.1, -0.05) is 36.4 Å². The highest BCUT2D eigenvalue weighted by atomic mass is 127. The van der Waals surface area contributed by atoms with E-state index in [-0.39, 0.29) is 24.0 Å². The molecule has 0 saturated carbocycles. The molecule has 8 heteroatoms. The summed E-state index contributed by atoms with van der Waals surface area (Å²) in [6.45, 7) is 9.92. The van der Waals surface area contributed by atoms with Crippen molar-refractivity contribution in [2.75, 3.05) is 53.2 Å². The van der Waals surface area contributed by atoms with Crippen LogP contribution >= 0.6 is 24.0 Å². The van der Waals surface area contributed by atoms with Gasteiger partial charge in [0.05, 0.1) is 26.4 Å². The van der Waals surface area contributed by atoms with E-state index in [1.54, 1.807) is 7.11 Å². The van der Waals surface area contributed by atoms with Gasteiger partial charge in [-0.15, -0.1) is 24.0 Å². The van der Waals surface area contributed by atoms with Gasteiger partial charge in [-0.2, -0.15) is 0 Å². The zero-order valence-electron chi connectivity index (χ0n) is 19.7. The van der Waals surface area contributed by atoms with Crippen molar-refractivity contribution in [1.29, 1.82) is 0 Å². The van der Waals surface area contributed by atoms with Crippen LogP contribution in [0.15, 0.2) is 53.5 Å². The molecule has 33 heavy (non-hydrogen) atoms. The summed E-state index contributed by atoms with van der Waals surface area (Å²) in [6.07, 6.45) is 0. The molecule has 0 bridgehead atoms. The molecule has 2 aromatic rings. The monoisotopic (exact) mass is 568 g/mol. The third kappa shape index (κ3) is 9.87. The molecule has 0 atom stereocenters. The SMILES string of the molecule is CCNC(=NCc1ccc(OCCOC)cc1)NCc1ccccc1CN1CCOCC1.I. The van der Waals surface area contributed by atoms with Crippen LogP contribution in [0.5, 0.6) is 5.75 Å². The zero-order valence-corrected chi connectivity index (χ0v) is 22.0. The molecule has 1 aliphatic rings. The maximum absolute atomic E-state index is 5.62. The maximum Gasteiger partial charge on any atom is 0.191 e. The number of hydrogen-bond donors (Lipinski definition) is 2. The Balaban J connectivity index is 0.00000385. The van der Waals surface area contributed by atoms with Crippen molar-refractivity contribution in [3.8, 4) is 5.75 Å². The van der Waals surface area contributed by atoms with Crippen LogP contribution in [-0.4, -0.2) is 64.0 Å². The van der Waals surface area contributed by atoms with E-state index >= 15 is 0 Å². The molecule has 0 unspecified atom stereocenters. The number of methoxy groups -OCH3 is 1. The van der Waals surface area contributed by atoms with Gasteiger partial charge in [0.2, 0.25) is 0 Å². The number of ether oxygens (including phenoxy) is 3.